The van der Waals surface area contributed by atoms with Crippen molar-refractivity contribution in [2.45, 2.75) is 39.8 Å². The van der Waals surface area contributed by atoms with Crippen LogP contribution in [0.15, 0.2) is 18.2 Å². The van der Waals surface area contributed by atoms with Gasteiger partial charge in [-0.3, -0.25) is 4.90 Å². The fraction of sp³-hybridized carbons (Fsp3) is 0.533. The largest absolute Gasteiger partial charge is 0.478 e. The van der Waals surface area contributed by atoms with Crippen LogP contribution >= 0.6 is 11.6 Å². The van der Waals surface area contributed by atoms with Crippen molar-refractivity contribution >= 4 is 23.3 Å². The molecular weight excluding hydrogens is 276 g/mol. The third-order valence-corrected chi connectivity index (χ3v) is 3.46. The number of hydrogen-bond donors (Lipinski definition) is 2. The van der Waals surface area contributed by atoms with Gasteiger partial charge in [-0.05, 0) is 45.9 Å². The number of anilines is 1. The van der Waals surface area contributed by atoms with Crippen molar-refractivity contribution in [3.8, 4) is 0 Å². The molecule has 1 aromatic rings. The summed E-state index contributed by atoms with van der Waals surface area (Å²) in [5.41, 5.74) is 0.813. The number of aromatic carboxylic acids is 1. The molecule has 0 aliphatic rings. The van der Waals surface area contributed by atoms with Crippen LogP contribution in [0.2, 0.25) is 5.02 Å². The topological polar surface area (TPSA) is 52.6 Å². The highest BCUT2D eigenvalue weighted by atomic mass is 35.5. The maximum Gasteiger partial charge on any atom is 0.337 e. The van der Waals surface area contributed by atoms with E-state index in [0.717, 1.165) is 6.54 Å². The normalized spacial score (nSPS) is 11.4. The first-order chi connectivity index (χ1) is 9.32. The van der Waals surface area contributed by atoms with Gasteiger partial charge in [-0.1, -0.05) is 11.6 Å². The number of carboxylic acids is 1. The molecule has 0 saturated heterocycles. The summed E-state index contributed by atoms with van der Waals surface area (Å²) in [5, 5.41) is 12.8. The van der Waals surface area contributed by atoms with Crippen LogP contribution in [0.25, 0.3) is 0 Å². The lowest BCUT2D eigenvalue weighted by atomic mass is 10.1. The van der Waals surface area contributed by atoms with Crippen LogP contribution in [0.3, 0.4) is 0 Å². The Morgan fingerprint density at radius 2 is 1.90 bits per heavy atom. The average molecular weight is 299 g/mol. The summed E-state index contributed by atoms with van der Waals surface area (Å²) in [6, 6.07) is 5.67. The van der Waals surface area contributed by atoms with Gasteiger partial charge >= 0.3 is 5.97 Å². The summed E-state index contributed by atoms with van der Waals surface area (Å²) in [7, 11) is 0. The predicted molar refractivity (Wildman–Crippen MR) is 83.9 cm³/mol. The second-order valence-corrected chi connectivity index (χ2v) is 5.78. The Balaban J connectivity index is 2.70. The molecule has 4 nitrogen and oxygen atoms in total. The minimum Gasteiger partial charge on any atom is -0.478 e. The molecule has 1 rings (SSSR count). The molecule has 20 heavy (non-hydrogen) atoms. The van der Waals surface area contributed by atoms with Crippen molar-refractivity contribution in [3.63, 3.8) is 0 Å². The van der Waals surface area contributed by atoms with Crippen LogP contribution in [0.1, 0.15) is 38.1 Å². The number of benzene rings is 1. The fourth-order valence-electron chi connectivity index (χ4n) is 2.28. The minimum atomic E-state index is -0.950. The minimum absolute atomic E-state index is 0.245. The van der Waals surface area contributed by atoms with Crippen molar-refractivity contribution in [1.82, 2.24) is 4.90 Å². The van der Waals surface area contributed by atoms with Gasteiger partial charge in [-0.25, -0.2) is 4.79 Å². The first kappa shape index (κ1) is 16.8. The molecule has 0 spiro atoms. The lowest BCUT2D eigenvalue weighted by molar-refractivity contribution is 0.0698. The zero-order valence-electron chi connectivity index (χ0n) is 12.5. The predicted octanol–water partition coefficient (Wildman–Crippen LogP) is 3.57. The van der Waals surface area contributed by atoms with Gasteiger partial charge in [0.25, 0.3) is 0 Å². The quantitative estimate of drug-likeness (QED) is 0.808. The van der Waals surface area contributed by atoms with Crippen molar-refractivity contribution in [2.75, 3.05) is 18.4 Å². The van der Waals surface area contributed by atoms with E-state index in [1.54, 1.807) is 12.1 Å². The molecule has 0 radical (unpaired) electrons. The van der Waals surface area contributed by atoms with E-state index in [1.165, 1.54) is 6.07 Å². The van der Waals surface area contributed by atoms with Crippen molar-refractivity contribution < 1.29 is 9.90 Å². The number of carbonyl (C=O) groups is 1. The highest BCUT2D eigenvalue weighted by molar-refractivity contribution is 6.31. The molecule has 0 unspecified atom stereocenters. The molecule has 112 valence electrons. The van der Waals surface area contributed by atoms with Crippen molar-refractivity contribution in [2.24, 2.45) is 0 Å². The Bertz CT molecular complexity index is 453. The Hall–Kier alpha value is -1.26. The molecule has 0 saturated carbocycles. The maximum atomic E-state index is 11.2. The molecule has 1 aromatic carbocycles. The molecule has 0 aliphatic heterocycles. The van der Waals surface area contributed by atoms with Gasteiger partial charge in [-0.15, -0.1) is 0 Å². The molecule has 0 aromatic heterocycles. The monoisotopic (exact) mass is 298 g/mol. The molecule has 5 heteroatoms. The smallest absolute Gasteiger partial charge is 0.337 e. The van der Waals surface area contributed by atoms with E-state index in [9.17, 15) is 4.79 Å². The molecule has 2 N–H and O–H groups in total. The van der Waals surface area contributed by atoms with Crippen LogP contribution in [-0.4, -0.2) is 41.1 Å². The third kappa shape index (κ3) is 4.69. The number of nitrogens with one attached hydrogen (secondary N) is 1. The van der Waals surface area contributed by atoms with Gasteiger partial charge in [-0.2, -0.15) is 0 Å². The summed E-state index contributed by atoms with van der Waals surface area (Å²) in [4.78, 5) is 13.5. The number of rotatable bonds is 7. The van der Waals surface area contributed by atoms with E-state index in [1.807, 2.05) is 0 Å². The Morgan fingerprint density at radius 3 is 2.40 bits per heavy atom. The second-order valence-electron chi connectivity index (χ2n) is 5.35. The first-order valence-corrected chi connectivity index (χ1v) is 7.23. The van der Waals surface area contributed by atoms with E-state index in [-0.39, 0.29) is 5.56 Å². The van der Waals surface area contributed by atoms with Crippen LogP contribution in [-0.2, 0) is 0 Å². The maximum absolute atomic E-state index is 11.2. The van der Waals surface area contributed by atoms with Crippen LogP contribution in [0, 0.1) is 0 Å². The summed E-state index contributed by atoms with van der Waals surface area (Å²) in [6.45, 7) is 10.1. The molecule has 0 bridgehead atoms. The summed E-state index contributed by atoms with van der Waals surface area (Å²) in [6.07, 6.45) is 0. The van der Waals surface area contributed by atoms with Crippen LogP contribution in [0.5, 0.6) is 0 Å². The first-order valence-electron chi connectivity index (χ1n) is 6.85. The number of hydrogen-bond acceptors (Lipinski definition) is 3. The van der Waals surface area contributed by atoms with Crippen molar-refractivity contribution in [1.29, 1.82) is 0 Å². The Labute approximate surface area is 125 Å². The van der Waals surface area contributed by atoms with E-state index < -0.39 is 5.97 Å². The van der Waals surface area contributed by atoms with Gasteiger partial charge in [0.05, 0.1) is 11.3 Å². The summed E-state index contributed by atoms with van der Waals surface area (Å²) in [5.74, 6) is -0.950. The van der Waals surface area contributed by atoms with E-state index in [2.05, 4.69) is 37.9 Å². The van der Waals surface area contributed by atoms with Gasteiger partial charge < -0.3 is 10.4 Å². The Morgan fingerprint density at radius 1 is 1.30 bits per heavy atom. The standard InChI is InChI=1S/C15H23ClN2O2/c1-10(2)18(11(3)4)8-7-17-14-9-12(16)5-6-13(14)15(19)20/h5-6,9-11,17H,7-8H2,1-4H3,(H,19,20). The lowest BCUT2D eigenvalue weighted by Crippen LogP contribution is -2.40. The molecule has 0 atom stereocenters. The molecular formula is C15H23ClN2O2. The van der Waals surface area contributed by atoms with E-state index in [4.69, 9.17) is 16.7 Å². The van der Waals surface area contributed by atoms with Gasteiger partial charge in [0.2, 0.25) is 0 Å². The van der Waals surface area contributed by atoms with Crippen LogP contribution < -0.4 is 5.32 Å². The Kier molecular flexibility index (Phi) is 6.30. The highest BCUT2D eigenvalue weighted by Gasteiger charge is 2.14. The van der Waals surface area contributed by atoms with Crippen LogP contribution in [0.4, 0.5) is 5.69 Å². The number of carboxylic acid groups (broad SMARTS) is 1. The summed E-state index contributed by atoms with van der Waals surface area (Å²) >= 11 is 5.92. The molecule has 0 aliphatic carbocycles. The molecule has 0 fully saturated rings. The fourth-order valence-corrected chi connectivity index (χ4v) is 2.45. The zero-order valence-corrected chi connectivity index (χ0v) is 13.2. The number of nitrogens with zero attached hydrogens (tertiary/aromatic N) is 1. The zero-order chi connectivity index (χ0) is 15.3. The van der Waals surface area contributed by atoms with Gasteiger partial charge in [0.15, 0.2) is 0 Å². The summed E-state index contributed by atoms with van der Waals surface area (Å²) < 4.78 is 0. The van der Waals surface area contributed by atoms with Crippen molar-refractivity contribution in [3.05, 3.63) is 28.8 Å². The number of halogens is 1. The SMILES string of the molecule is CC(C)N(CCNc1cc(Cl)ccc1C(=O)O)C(C)C. The van der Waals surface area contributed by atoms with E-state index in [0.29, 0.717) is 29.3 Å². The van der Waals surface area contributed by atoms with Gasteiger partial charge in [0, 0.05) is 30.2 Å². The average Bonchev–Trinajstić information content (AvgIpc) is 2.33. The third-order valence-electron chi connectivity index (χ3n) is 3.22. The highest BCUT2D eigenvalue weighted by Crippen LogP contribution is 2.21. The molecule has 0 heterocycles. The lowest BCUT2D eigenvalue weighted by Gasteiger charge is -2.30. The second kappa shape index (κ2) is 7.50. The molecule has 0 amide bonds. The van der Waals surface area contributed by atoms with Gasteiger partial charge in [0.1, 0.15) is 0 Å². The van der Waals surface area contributed by atoms with E-state index >= 15 is 0 Å².